The number of ether oxygens (including phenoxy) is 1. The molecule has 2 N–H and O–H groups in total. The highest BCUT2D eigenvalue weighted by Crippen LogP contribution is 2.39. The number of amides is 1. The number of alkyl halides is 3. The van der Waals surface area contributed by atoms with Gasteiger partial charge in [0.05, 0.1) is 23.6 Å². The molecular weight excluding hydrogens is 570 g/mol. The van der Waals surface area contributed by atoms with Gasteiger partial charge in [-0.25, -0.2) is 9.18 Å². The Morgan fingerprint density at radius 2 is 1.38 bits per heavy atom. The highest BCUT2D eigenvalue weighted by molar-refractivity contribution is 6.74. The van der Waals surface area contributed by atoms with Gasteiger partial charge in [-0.05, 0) is 93.6 Å². The Bertz CT molecular complexity index is 1190. The second-order valence-electron chi connectivity index (χ2n) is 13.2. The van der Waals surface area contributed by atoms with Crippen LogP contribution < -0.4 is 5.32 Å². The van der Waals surface area contributed by atoms with Crippen LogP contribution in [0.1, 0.15) is 64.7 Å². The van der Waals surface area contributed by atoms with E-state index in [9.17, 15) is 32.3 Å². The molecule has 3 atom stereocenters. The molecule has 0 aliphatic heterocycles. The van der Waals surface area contributed by atoms with Gasteiger partial charge < -0.3 is 19.6 Å². The summed E-state index contributed by atoms with van der Waals surface area (Å²) in [6, 6.07) is 9.34. The lowest BCUT2D eigenvalue weighted by atomic mass is 9.89. The number of halogens is 4. The molecule has 6 nitrogen and oxygen atoms in total. The largest absolute Gasteiger partial charge is 0.481 e. The number of hydrogen-bond acceptors (Lipinski definition) is 4. The fourth-order valence-electron chi connectivity index (χ4n) is 4.12. The number of rotatable bonds is 11. The smallest absolute Gasteiger partial charge is 0.416 e. The maximum Gasteiger partial charge on any atom is 0.416 e. The van der Waals surface area contributed by atoms with Crippen LogP contribution in [0.2, 0.25) is 18.1 Å². The van der Waals surface area contributed by atoms with Crippen molar-refractivity contribution in [3.05, 3.63) is 71.0 Å². The molecular formula is C31H43F4NO5Si. The lowest BCUT2D eigenvalue weighted by Crippen LogP contribution is -2.54. The molecule has 0 unspecified atom stereocenters. The summed E-state index contributed by atoms with van der Waals surface area (Å²) in [5.74, 6) is -2.49. The molecule has 0 fully saturated rings. The molecule has 0 aliphatic carbocycles. The van der Waals surface area contributed by atoms with E-state index >= 15 is 0 Å². The minimum Gasteiger partial charge on any atom is -0.481 e. The van der Waals surface area contributed by atoms with Crippen molar-refractivity contribution in [2.75, 3.05) is 0 Å². The minimum absolute atomic E-state index is 0.0136. The Kier molecular flexibility index (Phi) is 11.4. The zero-order valence-electron chi connectivity index (χ0n) is 25.6. The Morgan fingerprint density at radius 1 is 0.881 bits per heavy atom. The van der Waals surface area contributed by atoms with Gasteiger partial charge in [0.2, 0.25) is 0 Å². The molecule has 0 radical (unpaired) electrons. The van der Waals surface area contributed by atoms with E-state index in [1.165, 1.54) is 36.4 Å². The molecule has 2 rings (SSSR count). The van der Waals surface area contributed by atoms with Crippen molar-refractivity contribution < 1.29 is 41.4 Å². The van der Waals surface area contributed by atoms with Gasteiger partial charge in [-0.2, -0.15) is 13.2 Å². The maximum absolute atomic E-state index is 13.5. The molecule has 11 heteroatoms. The molecule has 0 heterocycles. The second-order valence-corrected chi connectivity index (χ2v) is 17.9. The van der Waals surface area contributed by atoms with E-state index in [0.717, 1.165) is 12.1 Å². The zero-order valence-corrected chi connectivity index (χ0v) is 26.6. The quantitative estimate of drug-likeness (QED) is 0.198. The number of aliphatic carboxylic acids is 1. The van der Waals surface area contributed by atoms with Crippen LogP contribution in [0.4, 0.5) is 22.4 Å². The fraction of sp³-hybridized carbons (Fsp3) is 0.548. The van der Waals surface area contributed by atoms with Gasteiger partial charge in [0.1, 0.15) is 11.4 Å². The van der Waals surface area contributed by atoms with Gasteiger partial charge in [0.25, 0.3) is 0 Å². The summed E-state index contributed by atoms with van der Waals surface area (Å²) in [6.45, 7) is 15.2. The molecule has 0 saturated heterocycles. The highest BCUT2D eigenvalue weighted by atomic mass is 28.4. The maximum atomic E-state index is 13.5. The number of benzene rings is 2. The van der Waals surface area contributed by atoms with E-state index in [4.69, 9.17) is 9.16 Å². The normalized spacial score (nSPS) is 15.0. The topological polar surface area (TPSA) is 84.9 Å². The number of nitrogens with one attached hydrogen (secondary N) is 1. The lowest BCUT2D eigenvalue weighted by molar-refractivity contribution is -0.143. The number of carboxylic acid groups (broad SMARTS) is 1. The second kappa shape index (κ2) is 13.6. The average Bonchev–Trinajstić information content (AvgIpc) is 2.81. The number of alkyl carbamates (subject to hydrolysis) is 1. The summed E-state index contributed by atoms with van der Waals surface area (Å²) in [4.78, 5) is 25.4. The molecule has 42 heavy (non-hydrogen) atoms. The number of hydrogen-bond donors (Lipinski definition) is 2. The minimum atomic E-state index is -4.50. The van der Waals surface area contributed by atoms with Crippen molar-refractivity contribution in [3.8, 4) is 0 Å². The van der Waals surface area contributed by atoms with Crippen LogP contribution in [-0.2, 0) is 33.0 Å². The first-order valence-corrected chi connectivity index (χ1v) is 16.8. The number of carboxylic acids is 1. The molecule has 0 saturated carbocycles. The monoisotopic (exact) mass is 613 g/mol. The third-order valence-electron chi connectivity index (χ3n) is 7.40. The van der Waals surface area contributed by atoms with Gasteiger partial charge in [0, 0.05) is 0 Å². The van der Waals surface area contributed by atoms with Gasteiger partial charge in [-0.3, -0.25) is 4.79 Å². The van der Waals surface area contributed by atoms with Crippen molar-refractivity contribution in [3.63, 3.8) is 0 Å². The van der Waals surface area contributed by atoms with Crippen molar-refractivity contribution in [1.29, 1.82) is 0 Å². The van der Waals surface area contributed by atoms with Gasteiger partial charge in [0.15, 0.2) is 8.32 Å². The Labute approximate surface area is 246 Å². The summed E-state index contributed by atoms with van der Waals surface area (Å²) >= 11 is 0. The Hall–Kier alpha value is -2.92. The molecule has 0 bridgehead atoms. The summed E-state index contributed by atoms with van der Waals surface area (Å²) in [5, 5.41) is 12.7. The molecule has 0 aromatic heterocycles. The van der Waals surface area contributed by atoms with Gasteiger partial charge in [-0.15, -0.1) is 0 Å². The first-order valence-electron chi connectivity index (χ1n) is 13.9. The fourth-order valence-corrected chi connectivity index (χ4v) is 5.50. The van der Waals surface area contributed by atoms with Crippen LogP contribution in [0, 0.1) is 11.7 Å². The van der Waals surface area contributed by atoms with Crippen LogP contribution >= 0.6 is 0 Å². The standard InChI is InChI=1S/C31H43F4NO5Si/c1-29(2,3)40-28(39)36-25(18-21-9-13-23(14-10-21)31(33,34)35)26(41-42(7,8)30(4,5)6)19-22(27(37)38)17-20-11-15-24(32)16-12-20/h9-16,22,25-26H,17-19H2,1-8H3,(H,36,39)(H,37,38)/t22-,25+,26+/m1/s1. The molecule has 1 amide bonds. The lowest BCUT2D eigenvalue weighted by Gasteiger charge is -2.42. The zero-order chi connectivity index (χ0) is 32.1. The first kappa shape index (κ1) is 35.3. The van der Waals surface area contributed by atoms with Crippen LogP contribution in [0.5, 0.6) is 0 Å². The van der Waals surface area contributed by atoms with Crippen LogP contribution in [0.3, 0.4) is 0 Å². The average molecular weight is 614 g/mol. The van der Waals surface area contributed by atoms with E-state index in [1.54, 1.807) is 20.8 Å². The van der Waals surface area contributed by atoms with E-state index in [-0.39, 0.29) is 24.3 Å². The van der Waals surface area contributed by atoms with Crippen molar-refractivity contribution in [2.24, 2.45) is 5.92 Å². The summed E-state index contributed by atoms with van der Waals surface area (Å²) in [5.41, 5.74) is -0.514. The van der Waals surface area contributed by atoms with E-state index in [1.807, 2.05) is 33.9 Å². The molecule has 0 aliphatic rings. The summed E-state index contributed by atoms with van der Waals surface area (Å²) in [6.07, 6.45) is -5.95. The predicted octanol–water partition coefficient (Wildman–Crippen LogP) is 8.00. The SMILES string of the molecule is CC(C)(C)OC(=O)N[C@@H](Cc1ccc(C(F)(F)F)cc1)[C@H](C[C@@H](Cc1ccc(F)cc1)C(=O)O)O[Si](C)(C)C(C)(C)C. The van der Waals surface area contributed by atoms with Gasteiger partial charge in [-0.1, -0.05) is 45.0 Å². The highest BCUT2D eigenvalue weighted by Gasteiger charge is 2.42. The molecule has 234 valence electrons. The van der Waals surface area contributed by atoms with E-state index in [0.29, 0.717) is 11.1 Å². The number of carbonyl (C=O) groups excluding carboxylic acids is 1. The Morgan fingerprint density at radius 3 is 1.83 bits per heavy atom. The van der Waals surface area contributed by atoms with Gasteiger partial charge >= 0.3 is 18.2 Å². The summed E-state index contributed by atoms with van der Waals surface area (Å²) < 4.78 is 65.3. The van der Waals surface area contributed by atoms with Crippen molar-refractivity contribution >= 4 is 20.4 Å². The van der Waals surface area contributed by atoms with Crippen molar-refractivity contribution in [2.45, 2.75) is 103 Å². The Balaban J connectivity index is 2.54. The molecule has 2 aromatic rings. The van der Waals surface area contributed by atoms with Crippen LogP contribution in [0.25, 0.3) is 0 Å². The van der Waals surface area contributed by atoms with Crippen molar-refractivity contribution in [1.82, 2.24) is 5.32 Å². The third-order valence-corrected chi connectivity index (χ3v) is 11.9. The number of carbonyl (C=O) groups is 2. The third kappa shape index (κ3) is 11.1. The van der Waals surface area contributed by atoms with Crippen LogP contribution in [-0.4, -0.2) is 43.2 Å². The molecule has 0 spiro atoms. The summed E-state index contributed by atoms with van der Waals surface area (Å²) in [7, 11) is -2.56. The van der Waals surface area contributed by atoms with E-state index in [2.05, 4.69) is 5.32 Å². The molecule has 2 aromatic carbocycles. The van der Waals surface area contributed by atoms with E-state index < -0.39 is 61.6 Å². The van der Waals surface area contributed by atoms with Crippen LogP contribution in [0.15, 0.2) is 48.5 Å². The predicted molar refractivity (Wildman–Crippen MR) is 156 cm³/mol. The first-order chi connectivity index (χ1) is 19.1.